The number of rotatable bonds is 5. The van der Waals surface area contributed by atoms with E-state index >= 15 is 0 Å². The van der Waals surface area contributed by atoms with Crippen molar-refractivity contribution in [2.24, 2.45) is 0 Å². The van der Waals surface area contributed by atoms with E-state index in [1.807, 2.05) is 6.07 Å². The van der Waals surface area contributed by atoms with E-state index in [2.05, 4.69) is 31.0 Å². The molecule has 3 nitrogen and oxygen atoms in total. The number of nitrogens with one attached hydrogen (secondary N) is 1. The van der Waals surface area contributed by atoms with E-state index in [9.17, 15) is 0 Å². The Morgan fingerprint density at radius 1 is 1.53 bits per heavy atom. The van der Waals surface area contributed by atoms with Crippen LogP contribution in [0.5, 0.6) is 0 Å². The molecule has 0 aliphatic carbocycles. The Kier molecular flexibility index (Phi) is 4.24. The van der Waals surface area contributed by atoms with Crippen LogP contribution in [-0.4, -0.2) is 30.1 Å². The van der Waals surface area contributed by atoms with Gasteiger partial charge in [-0.1, -0.05) is 0 Å². The van der Waals surface area contributed by atoms with E-state index in [1.165, 1.54) is 24.9 Å². The van der Waals surface area contributed by atoms with Gasteiger partial charge in [0, 0.05) is 18.6 Å². The zero-order valence-electron chi connectivity index (χ0n) is 11.2. The summed E-state index contributed by atoms with van der Waals surface area (Å²) in [5, 5.41) is 3.56. The van der Waals surface area contributed by atoms with Crippen LogP contribution in [0.15, 0.2) is 16.7 Å². The number of hydrogen-bond donors (Lipinski definition) is 1. The van der Waals surface area contributed by atoms with Gasteiger partial charge in [-0.3, -0.25) is 4.90 Å². The van der Waals surface area contributed by atoms with Crippen molar-refractivity contribution in [3.8, 4) is 0 Å². The minimum absolute atomic E-state index is 0.557. The van der Waals surface area contributed by atoms with E-state index in [0.717, 1.165) is 18.8 Å². The molecule has 1 atom stereocenters. The molecule has 96 valence electrons. The Balaban J connectivity index is 1.95. The van der Waals surface area contributed by atoms with Gasteiger partial charge in [0.05, 0.1) is 12.8 Å². The molecule has 1 fully saturated rings. The van der Waals surface area contributed by atoms with Crippen LogP contribution < -0.4 is 5.32 Å². The summed E-state index contributed by atoms with van der Waals surface area (Å²) in [5.74, 6) is 1.11. The van der Waals surface area contributed by atoms with Crippen LogP contribution in [0, 0.1) is 6.92 Å². The van der Waals surface area contributed by atoms with Gasteiger partial charge < -0.3 is 9.73 Å². The maximum atomic E-state index is 5.55. The van der Waals surface area contributed by atoms with Crippen molar-refractivity contribution in [3.63, 3.8) is 0 Å². The van der Waals surface area contributed by atoms with Crippen LogP contribution in [0.2, 0.25) is 0 Å². The summed E-state index contributed by atoms with van der Waals surface area (Å²) < 4.78 is 5.55. The van der Waals surface area contributed by atoms with Crippen molar-refractivity contribution in [2.45, 2.75) is 52.2 Å². The molecule has 1 saturated heterocycles. The van der Waals surface area contributed by atoms with Crippen LogP contribution in [0.1, 0.15) is 38.0 Å². The van der Waals surface area contributed by atoms with Gasteiger partial charge in [-0.2, -0.15) is 0 Å². The molecule has 1 aromatic rings. The highest BCUT2D eigenvalue weighted by molar-refractivity contribution is 5.14. The maximum absolute atomic E-state index is 5.55. The largest absolute Gasteiger partial charge is 0.468 e. The number of furan rings is 1. The molecule has 17 heavy (non-hydrogen) atoms. The normalized spacial score (nSPS) is 20.6. The summed E-state index contributed by atoms with van der Waals surface area (Å²) in [6, 6.07) is 3.26. The van der Waals surface area contributed by atoms with Crippen LogP contribution in [0.25, 0.3) is 0 Å². The van der Waals surface area contributed by atoms with Crippen molar-refractivity contribution in [3.05, 3.63) is 23.7 Å². The topological polar surface area (TPSA) is 28.4 Å². The third-order valence-electron chi connectivity index (χ3n) is 3.66. The van der Waals surface area contributed by atoms with E-state index < -0.39 is 0 Å². The fourth-order valence-electron chi connectivity index (χ4n) is 2.40. The Bertz CT molecular complexity index is 340. The Hall–Kier alpha value is -0.800. The SMILES string of the molecule is Cc1ccoc1CN(CC1CCCN1)C(C)C. The van der Waals surface area contributed by atoms with Crippen molar-refractivity contribution in [1.29, 1.82) is 0 Å². The Labute approximate surface area is 104 Å². The number of hydrogen-bond acceptors (Lipinski definition) is 3. The molecule has 1 N–H and O–H groups in total. The lowest BCUT2D eigenvalue weighted by Gasteiger charge is -2.28. The highest BCUT2D eigenvalue weighted by Crippen LogP contribution is 2.16. The fourth-order valence-corrected chi connectivity index (χ4v) is 2.40. The second-order valence-corrected chi connectivity index (χ2v) is 5.34. The highest BCUT2D eigenvalue weighted by Gasteiger charge is 2.20. The van der Waals surface area contributed by atoms with Gasteiger partial charge in [0.25, 0.3) is 0 Å². The highest BCUT2D eigenvalue weighted by atomic mass is 16.3. The summed E-state index contributed by atoms with van der Waals surface area (Å²) in [7, 11) is 0. The molecule has 0 spiro atoms. The van der Waals surface area contributed by atoms with Gasteiger partial charge >= 0.3 is 0 Å². The van der Waals surface area contributed by atoms with E-state index in [0.29, 0.717) is 12.1 Å². The third kappa shape index (κ3) is 3.33. The quantitative estimate of drug-likeness (QED) is 0.851. The molecule has 0 saturated carbocycles. The average Bonchev–Trinajstić information content (AvgIpc) is 2.90. The average molecular weight is 236 g/mol. The van der Waals surface area contributed by atoms with E-state index in [1.54, 1.807) is 6.26 Å². The third-order valence-corrected chi connectivity index (χ3v) is 3.66. The molecule has 1 unspecified atom stereocenters. The second-order valence-electron chi connectivity index (χ2n) is 5.34. The van der Waals surface area contributed by atoms with Gasteiger partial charge in [0.2, 0.25) is 0 Å². The number of aryl methyl sites for hydroxylation is 1. The summed E-state index contributed by atoms with van der Waals surface area (Å²) in [4.78, 5) is 2.49. The van der Waals surface area contributed by atoms with Crippen LogP contribution >= 0.6 is 0 Å². The first-order chi connectivity index (χ1) is 8.16. The minimum atomic E-state index is 0.557. The first kappa shape index (κ1) is 12.7. The molecule has 2 heterocycles. The molecular formula is C14H24N2O. The van der Waals surface area contributed by atoms with Gasteiger partial charge in [-0.05, 0) is 51.8 Å². The molecule has 1 aliphatic heterocycles. The summed E-state index contributed by atoms with van der Waals surface area (Å²) in [6.07, 6.45) is 4.41. The van der Waals surface area contributed by atoms with E-state index in [4.69, 9.17) is 4.42 Å². The van der Waals surface area contributed by atoms with Gasteiger partial charge in [0.15, 0.2) is 0 Å². The molecule has 2 rings (SSSR count). The standard InChI is InChI=1S/C14H24N2O/c1-11(2)16(9-13-5-4-7-15-13)10-14-12(3)6-8-17-14/h6,8,11,13,15H,4-5,7,9-10H2,1-3H3. The maximum Gasteiger partial charge on any atom is 0.120 e. The number of nitrogens with zero attached hydrogens (tertiary/aromatic N) is 1. The first-order valence-corrected chi connectivity index (χ1v) is 6.67. The van der Waals surface area contributed by atoms with Crippen LogP contribution in [0.3, 0.4) is 0 Å². The van der Waals surface area contributed by atoms with E-state index in [-0.39, 0.29) is 0 Å². The lowest BCUT2D eigenvalue weighted by atomic mass is 10.1. The summed E-state index contributed by atoms with van der Waals surface area (Å²) in [5.41, 5.74) is 1.26. The second kappa shape index (κ2) is 5.69. The van der Waals surface area contributed by atoms with Crippen molar-refractivity contribution in [2.75, 3.05) is 13.1 Å². The smallest absolute Gasteiger partial charge is 0.120 e. The molecule has 1 aromatic heterocycles. The van der Waals surface area contributed by atoms with Crippen LogP contribution in [0.4, 0.5) is 0 Å². The van der Waals surface area contributed by atoms with Crippen molar-refractivity contribution >= 4 is 0 Å². The summed E-state index contributed by atoms with van der Waals surface area (Å²) >= 11 is 0. The molecular weight excluding hydrogens is 212 g/mol. The minimum Gasteiger partial charge on any atom is -0.468 e. The van der Waals surface area contributed by atoms with Crippen molar-refractivity contribution in [1.82, 2.24) is 10.2 Å². The Morgan fingerprint density at radius 3 is 2.88 bits per heavy atom. The molecule has 0 aromatic carbocycles. The summed E-state index contributed by atoms with van der Waals surface area (Å²) in [6.45, 7) is 9.86. The first-order valence-electron chi connectivity index (χ1n) is 6.67. The molecule has 0 amide bonds. The monoisotopic (exact) mass is 236 g/mol. The Morgan fingerprint density at radius 2 is 2.35 bits per heavy atom. The molecule has 0 radical (unpaired) electrons. The lowest BCUT2D eigenvalue weighted by Crippen LogP contribution is -2.40. The van der Waals surface area contributed by atoms with Gasteiger partial charge in [-0.25, -0.2) is 0 Å². The predicted molar refractivity (Wildman–Crippen MR) is 70.0 cm³/mol. The predicted octanol–water partition coefficient (Wildman–Crippen LogP) is 2.55. The molecule has 0 bridgehead atoms. The molecule has 1 aliphatic rings. The molecule has 3 heteroatoms. The van der Waals surface area contributed by atoms with Crippen molar-refractivity contribution < 1.29 is 4.42 Å². The fraction of sp³-hybridized carbons (Fsp3) is 0.714. The lowest BCUT2D eigenvalue weighted by molar-refractivity contribution is 0.179. The van der Waals surface area contributed by atoms with Crippen LogP contribution in [-0.2, 0) is 6.54 Å². The van der Waals surface area contributed by atoms with Gasteiger partial charge in [0.1, 0.15) is 5.76 Å². The zero-order chi connectivity index (χ0) is 12.3. The van der Waals surface area contributed by atoms with Gasteiger partial charge in [-0.15, -0.1) is 0 Å². The zero-order valence-corrected chi connectivity index (χ0v) is 11.2.